The fourth-order valence-electron chi connectivity index (χ4n) is 2.59. The molecule has 1 heterocycles. The van der Waals surface area contributed by atoms with Crippen molar-refractivity contribution in [2.45, 2.75) is 39.5 Å². The topological polar surface area (TPSA) is 55.1 Å². The van der Waals surface area contributed by atoms with Gasteiger partial charge in [0.15, 0.2) is 5.58 Å². The molecule has 0 radical (unpaired) electrons. The van der Waals surface area contributed by atoms with Gasteiger partial charge in [-0.05, 0) is 48.2 Å². The van der Waals surface area contributed by atoms with Gasteiger partial charge in [0.25, 0.3) is 0 Å². The van der Waals surface area contributed by atoms with E-state index in [1.807, 2.05) is 37.3 Å². The molecule has 1 aromatic heterocycles. The lowest BCUT2D eigenvalue weighted by molar-refractivity contribution is -0.116. The number of carbonyl (C=O) groups excluding carboxylic acids is 1. The van der Waals surface area contributed by atoms with Gasteiger partial charge in [0.2, 0.25) is 11.8 Å². The van der Waals surface area contributed by atoms with Gasteiger partial charge in [-0.2, -0.15) is 0 Å². The highest BCUT2D eigenvalue weighted by Gasteiger charge is 2.10. The molecule has 3 aromatic rings. The van der Waals surface area contributed by atoms with Crippen LogP contribution < -0.4 is 5.32 Å². The minimum Gasteiger partial charge on any atom is -0.436 e. The minimum absolute atomic E-state index is 0.0184. The first-order valence-corrected chi connectivity index (χ1v) is 8.37. The predicted octanol–water partition coefficient (Wildman–Crippen LogP) is 5.36. The van der Waals surface area contributed by atoms with Gasteiger partial charge in [0, 0.05) is 17.7 Å². The third kappa shape index (κ3) is 3.48. The highest BCUT2D eigenvalue weighted by atomic mass is 16.3. The summed E-state index contributed by atoms with van der Waals surface area (Å²) in [6.07, 6.45) is 1.35. The Morgan fingerprint density at radius 1 is 1.17 bits per heavy atom. The lowest BCUT2D eigenvalue weighted by Crippen LogP contribution is -2.10. The fourth-order valence-corrected chi connectivity index (χ4v) is 2.59. The molecule has 0 aliphatic rings. The van der Waals surface area contributed by atoms with E-state index in [-0.39, 0.29) is 5.91 Å². The molecular weight excluding hydrogens is 300 g/mol. The van der Waals surface area contributed by atoms with Crippen molar-refractivity contribution in [2.75, 3.05) is 5.32 Å². The van der Waals surface area contributed by atoms with Crippen molar-refractivity contribution >= 4 is 22.7 Å². The molecular formula is C20H22N2O2. The summed E-state index contributed by atoms with van der Waals surface area (Å²) in [6.45, 7) is 6.32. The van der Waals surface area contributed by atoms with Crippen molar-refractivity contribution in [3.8, 4) is 11.5 Å². The molecule has 0 fully saturated rings. The molecule has 0 aliphatic carbocycles. The Morgan fingerprint density at radius 3 is 2.58 bits per heavy atom. The summed E-state index contributed by atoms with van der Waals surface area (Å²) >= 11 is 0. The van der Waals surface area contributed by atoms with Crippen molar-refractivity contribution in [3.63, 3.8) is 0 Å². The summed E-state index contributed by atoms with van der Waals surface area (Å²) < 4.78 is 5.84. The fraction of sp³-hybridized carbons (Fsp3) is 0.300. The van der Waals surface area contributed by atoms with Crippen LogP contribution in [0.15, 0.2) is 46.9 Å². The number of hydrogen-bond acceptors (Lipinski definition) is 3. The van der Waals surface area contributed by atoms with Crippen LogP contribution in [0, 0.1) is 0 Å². The van der Waals surface area contributed by atoms with Crippen LogP contribution in [0.5, 0.6) is 0 Å². The first-order valence-electron chi connectivity index (χ1n) is 8.37. The summed E-state index contributed by atoms with van der Waals surface area (Å²) in [4.78, 5) is 16.3. The summed E-state index contributed by atoms with van der Waals surface area (Å²) in [5, 5.41) is 2.88. The van der Waals surface area contributed by atoms with E-state index in [1.165, 1.54) is 5.56 Å². The molecule has 0 atom stereocenters. The van der Waals surface area contributed by atoms with Gasteiger partial charge in [-0.1, -0.05) is 32.9 Å². The van der Waals surface area contributed by atoms with Gasteiger partial charge in [0.05, 0.1) is 0 Å². The van der Waals surface area contributed by atoms with Crippen LogP contribution in [-0.4, -0.2) is 10.9 Å². The van der Waals surface area contributed by atoms with E-state index >= 15 is 0 Å². The summed E-state index contributed by atoms with van der Waals surface area (Å²) in [6, 6.07) is 13.8. The standard InChI is InChI=1S/C20H22N2O2/c1-4-5-19(23)21-16-10-11-18-17(12-16)22-20(24-18)15-8-6-14(7-9-15)13(2)3/h6-13H,4-5H2,1-3H3,(H,21,23). The average molecular weight is 322 g/mol. The number of oxazole rings is 1. The largest absolute Gasteiger partial charge is 0.436 e. The molecule has 3 rings (SSSR count). The van der Waals surface area contributed by atoms with Crippen molar-refractivity contribution in [1.29, 1.82) is 0 Å². The second-order valence-corrected chi connectivity index (χ2v) is 6.28. The first kappa shape index (κ1) is 16.2. The van der Waals surface area contributed by atoms with Gasteiger partial charge in [0.1, 0.15) is 5.52 Å². The van der Waals surface area contributed by atoms with Crippen LogP contribution in [0.2, 0.25) is 0 Å². The third-order valence-electron chi connectivity index (χ3n) is 3.97. The Morgan fingerprint density at radius 2 is 1.92 bits per heavy atom. The van der Waals surface area contributed by atoms with Crippen LogP contribution in [-0.2, 0) is 4.79 Å². The second kappa shape index (κ2) is 6.87. The maximum Gasteiger partial charge on any atom is 0.227 e. The van der Waals surface area contributed by atoms with Gasteiger partial charge < -0.3 is 9.73 Å². The van der Waals surface area contributed by atoms with E-state index in [9.17, 15) is 4.79 Å². The van der Waals surface area contributed by atoms with E-state index in [0.717, 1.165) is 23.2 Å². The number of nitrogens with zero attached hydrogens (tertiary/aromatic N) is 1. The molecule has 0 bridgehead atoms. The number of carbonyl (C=O) groups is 1. The maximum atomic E-state index is 11.7. The van der Waals surface area contributed by atoms with E-state index in [4.69, 9.17) is 4.42 Å². The lowest BCUT2D eigenvalue weighted by atomic mass is 10.0. The number of rotatable bonds is 5. The molecule has 1 N–H and O–H groups in total. The molecule has 2 aromatic carbocycles. The first-order chi connectivity index (χ1) is 11.6. The Balaban J connectivity index is 1.86. The van der Waals surface area contributed by atoms with E-state index in [0.29, 0.717) is 23.8 Å². The van der Waals surface area contributed by atoms with Crippen LogP contribution in [0.1, 0.15) is 45.1 Å². The molecule has 124 valence electrons. The van der Waals surface area contributed by atoms with Gasteiger partial charge in [-0.3, -0.25) is 4.79 Å². The highest BCUT2D eigenvalue weighted by Crippen LogP contribution is 2.27. The van der Waals surface area contributed by atoms with Crippen LogP contribution in [0.4, 0.5) is 5.69 Å². The van der Waals surface area contributed by atoms with Crippen molar-refractivity contribution in [2.24, 2.45) is 0 Å². The number of amides is 1. The summed E-state index contributed by atoms with van der Waals surface area (Å²) in [5.41, 5.74) is 4.44. The molecule has 4 heteroatoms. The Kier molecular flexibility index (Phi) is 4.65. The zero-order valence-electron chi connectivity index (χ0n) is 14.3. The second-order valence-electron chi connectivity index (χ2n) is 6.28. The van der Waals surface area contributed by atoms with Crippen molar-refractivity contribution < 1.29 is 9.21 Å². The SMILES string of the molecule is CCCC(=O)Nc1ccc2oc(-c3ccc(C(C)C)cc3)nc2c1. The molecule has 0 aliphatic heterocycles. The quantitative estimate of drug-likeness (QED) is 0.688. The predicted molar refractivity (Wildman–Crippen MR) is 97.1 cm³/mol. The van der Waals surface area contributed by atoms with Crippen LogP contribution >= 0.6 is 0 Å². The van der Waals surface area contributed by atoms with E-state index < -0.39 is 0 Å². The van der Waals surface area contributed by atoms with Crippen LogP contribution in [0.25, 0.3) is 22.6 Å². The monoisotopic (exact) mass is 322 g/mol. The minimum atomic E-state index is 0.0184. The van der Waals surface area contributed by atoms with Crippen molar-refractivity contribution in [3.05, 3.63) is 48.0 Å². The Labute approximate surface area is 141 Å². The molecule has 0 saturated carbocycles. The third-order valence-corrected chi connectivity index (χ3v) is 3.97. The molecule has 1 amide bonds. The smallest absolute Gasteiger partial charge is 0.227 e. The number of anilines is 1. The molecule has 24 heavy (non-hydrogen) atoms. The number of hydrogen-bond donors (Lipinski definition) is 1. The lowest BCUT2D eigenvalue weighted by Gasteiger charge is -2.04. The number of aromatic nitrogens is 1. The molecule has 4 nitrogen and oxygen atoms in total. The number of fused-ring (bicyclic) bond motifs is 1. The van der Waals surface area contributed by atoms with Gasteiger partial charge >= 0.3 is 0 Å². The summed E-state index contributed by atoms with van der Waals surface area (Å²) in [7, 11) is 0. The molecule has 0 unspecified atom stereocenters. The number of nitrogens with one attached hydrogen (secondary N) is 1. The number of benzene rings is 2. The van der Waals surface area contributed by atoms with Crippen LogP contribution in [0.3, 0.4) is 0 Å². The molecule has 0 saturated heterocycles. The zero-order valence-corrected chi connectivity index (χ0v) is 14.3. The average Bonchev–Trinajstić information content (AvgIpc) is 2.98. The van der Waals surface area contributed by atoms with E-state index in [2.05, 4.69) is 36.3 Å². The maximum absolute atomic E-state index is 11.7. The van der Waals surface area contributed by atoms with Crippen molar-refractivity contribution in [1.82, 2.24) is 4.98 Å². The summed E-state index contributed by atoms with van der Waals surface area (Å²) in [5.74, 6) is 1.11. The Hall–Kier alpha value is -2.62. The van der Waals surface area contributed by atoms with E-state index in [1.54, 1.807) is 0 Å². The Bertz CT molecular complexity index is 848. The van der Waals surface area contributed by atoms with Gasteiger partial charge in [-0.15, -0.1) is 0 Å². The molecule has 0 spiro atoms. The normalized spacial score (nSPS) is 11.2. The highest BCUT2D eigenvalue weighted by molar-refractivity contribution is 5.93. The van der Waals surface area contributed by atoms with Gasteiger partial charge in [-0.25, -0.2) is 4.98 Å². The zero-order chi connectivity index (χ0) is 17.1.